The molecule has 31 heavy (non-hydrogen) atoms. The Balaban J connectivity index is 1.19. The van der Waals surface area contributed by atoms with Gasteiger partial charge in [-0.05, 0) is 55.5 Å². The van der Waals surface area contributed by atoms with Crippen LogP contribution in [0, 0.1) is 5.92 Å². The third-order valence-electron chi connectivity index (χ3n) is 7.04. The first-order valence-electron chi connectivity index (χ1n) is 11.3. The smallest absolute Gasteiger partial charge is 0.298 e. The zero-order valence-electron chi connectivity index (χ0n) is 17.6. The Hall–Kier alpha value is -2.53. The number of hydrogen-bond donors (Lipinski definition) is 1. The lowest BCUT2D eigenvalue weighted by atomic mass is 9.78. The van der Waals surface area contributed by atoms with Crippen LogP contribution in [0.1, 0.15) is 44.1 Å². The molecule has 2 fully saturated rings. The summed E-state index contributed by atoms with van der Waals surface area (Å²) in [5.74, 6) is 0.224. The van der Waals surface area contributed by atoms with Crippen LogP contribution in [0.3, 0.4) is 0 Å². The zero-order chi connectivity index (χ0) is 21.3. The Kier molecular flexibility index (Phi) is 5.61. The topological polar surface area (TPSA) is 58.4 Å². The molecular weight excluding hydrogens is 410 g/mol. The number of carbonyl (C=O) groups excluding carboxylic acids is 1. The molecule has 2 aliphatic rings. The van der Waals surface area contributed by atoms with Crippen LogP contribution in [0.15, 0.2) is 52.9 Å². The molecule has 162 valence electrons. The molecule has 1 N–H and O–H groups in total. The fourth-order valence-corrected chi connectivity index (χ4v) is 5.28. The first-order chi connectivity index (χ1) is 15.1. The molecule has 1 saturated heterocycles. The maximum atomic E-state index is 13.0. The van der Waals surface area contributed by atoms with Gasteiger partial charge in [0.1, 0.15) is 5.52 Å². The average molecular weight is 438 g/mol. The minimum Gasteiger partial charge on any atom is -0.423 e. The van der Waals surface area contributed by atoms with Crippen molar-refractivity contribution in [1.82, 2.24) is 10.3 Å². The third kappa shape index (κ3) is 4.16. The molecule has 3 aromatic rings. The molecule has 2 aromatic carbocycles. The summed E-state index contributed by atoms with van der Waals surface area (Å²) in [6, 6.07) is 16.6. The minimum atomic E-state index is 0.0408. The predicted molar refractivity (Wildman–Crippen MR) is 124 cm³/mol. The van der Waals surface area contributed by atoms with Crippen molar-refractivity contribution in [2.75, 3.05) is 24.5 Å². The first-order valence-corrected chi connectivity index (χ1v) is 11.7. The normalized spacial score (nSPS) is 19.1. The van der Waals surface area contributed by atoms with E-state index in [1.165, 1.54) is 18.4 Å². The molecule has 2 heterocycles. The quantitative estimate of drug-likeness (QED) is 0.586. The number of anilines is 1. The largest absolute Gasteiger partial charge is 0.423 e. The summed E-state index contributed by atoms with van der Waals surface area (Å²) >= 11 is 6.09. The highest BCUT2D eigenvalue weighted by Gasteiger charge is 2.37. The Morgan fingerprint density at radius 1 is 1.10 bits per heavy atom. The number of amides is 1. The number of halogens is 1. The number of hydrogen-bond acceptors (Lipinski definition) is 4. The highest BCUT2D eigenvalue weighted by Crippen LogP contribution is 2.41. The van der Waals surface area contributed by atoms with Gasteiger partial charge in [-0.2, -0.15) is 4.98 Å². The Labute approximate surface area is 187 Å². The summed E-state index contributed by atoms with van der Waals surface area (Å²) in [6.07, 6.45) is 6.29. The monoisotopic (exact) mass is 437 g/mol. The summed E-state index contributed by atoms with van der Waals surface area (Å²) in [4.78, 5) is 19.7. The summed E-state index contributed by atoms with van der Waals surface area (Å²) in [5, 5.41) is 4.05. The van der Waals surface area contributed by atoms with Crippen LogP contribution >= 0.6 is 11.6 Å². The molecule has 5 rings (SSSR count). The molecule has 6 heteroatoms. The van der Waals surface area contributed by atoms with Gasteiger partial charge in [0.05, 0.1) is 0 Å². The van der Waals surface area contributed by atoms with E-state index >= 15 is 0 Å². The number of benzene rings is 2. The lowest BCUT2D eigenvalue weighted by Crippen LogP contribution is -2.44. The van der Waals surface area contributed by atoms with E-state index in [0.29, 0.717) is 12.6 Å². The molecule has 1 saturated carbocycles. The fraction of sp³-hybridized carbons (Fsp3) is 0.440. The van der Waals surface area contributed by atoms with Gasteiger partial charge in [-0.1, -0.05) is 48.7 Å². The Morgan fingerprint density at radius 2 is 1.81 bits per heavy atom. The van der Waals surface area contributed by atoms with E-state index in [1.54, 1.807) is 0 Å². The summed E-state index contributed by atoms with van der Waals surface area (Å²) in [6.45, 7) is 2.28. The molecule has 1 amide bonds. The van der Waals surface area contributed by atoms with Gasteiger partial charge in [-0.15, -0.1) is 0 Å². The number of nitrogens with zero attached hydrogens (tertiary/aromatic N) is 2. The van der Waals surface area contributed by atoms with E-state index in [9.17, 15) is 4.79 Å². The maximum Gasteiger partial charge on any atom is 0.298 e. The minimum absolute atomic E-state index is 0.0408. The van der Waals surface area contributed by atoms with Crippen molar-refractivity contribution in [2.45, 2.75) is 43.9 Å². The molecule has 0 atom stereocenters. The molecule has 1 aliphatic carbocycles. The van der Waals surface area contributed by atoms with Gasteiger partial charge in [-0.3, -0.25) is 4.79 Å². The number of piperidine rings is 1. The van der Waals surface area contributed by atoms with Gasteiger partial charge >= 0.3 is 0 Å². The van der Waals surface area contributed by atoms with Crippen LogP contribution in [0.4, 0.5) is 6.01 Å². The molecule has 1 aromatic heterocycles. The number of aromatic nitrogens is 1. The molecule has 5 nitrogen and oxygen atoms in total. The van der Waals surface area contributed by atoms with Crippen molar-refractivity contribution < 1.29 is 9.21 Å². The molecular formula is C25H28ClN3O2. The van der Waals surface area contributed by atoms with Gasteiger partial charge in [-0.25, -0.2) is 0 Å². The summed E-state index contributed by atoms with van der Waals surface area (Å²) in [5.41, 5.74) is 3.02. The van der Waals surface area contributed by atoms with Crippen molar-refractivity contribution in [1.29, 1.82) is 0 Å². The first kappa shape index (κ1) is 20.4. The van der Waals surface area contributed by atoms with E-state index in [0.717, 1.165) is 54.9 Å². The number of para-hydroxylation sites is 2. The summed E-state index contributed by atoms with van der Waals surface area (Å²) < 4.78 is 5.89. The van der Waals surface area contributed by atoms with Crippen LogP contribution in [-0.2, 0) is 10.2 Å². The van der Waals surface area contributed by atoms with Crippen LogP contribution in [0.25, 0.3) is 11.1 Å². The molecule has 0 bridgehead atoms. The number of oxazole rings is 1. The standard InChI is InChI=1S/C25H28ClN3O2/c26-20-9-7-19(8-10-20)25(13-3-4-14-25)17-27-23(30)18-11-15-29(16-12-18)24-28-21-5-1-2-6-22(21)31-24/h1-2,5-10,18H,3-4,11-17H2,(H,27,30). The lowest BCUT2D eigenvalue weighted by molar-refractivity contribution is -0.125. The molecule has 1 aliphatic heterocycles. The Bertz CT molecular complexity index is 1020. The number of nitrogens with one attached hydrogen (secondary N) is 1. The van der Waals surface area contributed by atoms with Crippen molar-refractivity contribution >= 4 is 34.6 Å². The number of fused-ring (bicyclic) bond motifs is 1. The van der Waals surface area contributed by atoms with Gasteiger partial charge in [0.15, 0.2) is 5.58 Å². The van der Waals surface area contributed by atoms with E-state index in [2.05, 4.69) is 27.3 Å². The molecule has 0 unspecified atom stereocenters. The highest BCUT2D eigenvalue weighted by molar-refractivity contribution is 6.30. The van der Waals surface area contributed by atoms with Crippen molar-refractivity contribution in [3.05, 3.63) is 59.1 Å². The van der Waals surface area contributed by atoms with Crippen molar-refractivity contribution in [3.8, 4) is 0 Å². The maximum absolute atomic E-state index is 13.0. The second kappa shape index (κ2) is 8.54. The second-order valence-electron chi connectivity index (χ2n) is 8.94. The van der Waals surface area contributed by atoms with Crippen LogP contribution < -0.4 is 10.2 Å². The molecule has 0 spiro atoms. The zero-order valence-corrected chi connectivity index (χ0v) is 18.4. The van der Waals surface area contributed by atoms with Crippen LogP contribution in [0.5, 0.6) is 0 Å². The van der Waals surface area contributed by atoms with Gasteiger partial charge in [0.25, 0.3) is 6.01 Å². The van der Waals surface area contributed by atoms with Crippen LogP contribution in [0.2, 0.25) is 5.02 Å². The van der Waals surface area contributed by atoms with E-state index in [-0.39, 0.29) is 17.2 Å². The number of carbonyl (C=O) groups is 1. The molecule has 0 radical (unpaired) electrons. The lowest BCUT2D eigenvalue weighted by Gasteiger charge is -2.33. The van der Waals surface area contributed by atoms with E-state index in [4.69, 9.17) is 16.0 Å². The van der Waals surface area contributed by atoms with Gasteiger partial charge in [0, 0.05) is 36.0 Å². The third-order valence-corrected chi connectivity index (χ3v) is 7.29. The SMILES string of the molecule is O=C(NCC1(c2ccc(Cl)cc2)CCCC1)C1CCN(c2nc3ccccc3o2)CC1. The van der Waals surface area contributed by atoms with Crippen LogP contribution in [-0.4, -0.2) is 30.5 Å². The number of rotatable bonds is 5. The van der Waals surface area contributed by atoms with Gasteiger partial charge < -0.3 is 14.6 Å². The van der Waals surface area contributed by atoms with Crippen molar-refractivity contribution in [3.63, 3.8) is 0 Å². The summed E-state index contributed by atoms with van der Waals surface area (Å²) in [7, 11) is 0. The van der Waals surface area contributed by atoms with E-state index < -0.39 is 0 Å². The Morgan fingerprint density at radius 3 is 2.52 bits per heavy atom. The predicted octanol–water partition coefficient (Wildman–Crippen LogP) is 5.33. The van der Waals surface area contributed by atoms with Crippen molar-refractivity contribution in [2.24, 2.45) is 5.92 Å². The van der Waals surface area contributed by atoms with E-state index in [1.807, 2.05) is 36.4 Å². The fourth-order valence-electron chi connectivity index (χ4n) is 5.15. The average Bonchev–Trinajstić information content (AvgIpc) is 3.46. The highest BCUT2D eigenvalue weighted by atomic mass is 35.5. The second-order valence-corrected chi connectivity index (χ2v) is 9.37. The van der Waals surface area contributed by atoms with Gasteiger partial charge in [0.2, 0.25) is 5.91 Å².